The minimum atomic E-state index is 0.330. The van der Waals surface area contributed by atoms with Crippen LogP contribution in [0.15, 0.2) is 16.7 Å². The van der Waals surface area contributed by atoms with Gasteiger partial charge in [0, 0.05) is 17.1 Å². The largest absolute Gasteiger partial charge is 0.444 e. The molecule has 6 heteroatoms. The second-order valence-electron chi connectivity index (χ2n) is 4.35. The number of nitrogens with one attached hydrogen (secondary N) is 1. The van der Waals surface area contributed by atoms with Crippen LogP contribution in [0.2, 0.25) is 0 Å². The molecule has 0 bridgehead atoms. The summed E-state index contributed by atoms with van der Waals surface area (Å²) in [5, 5.41) is 3.24. The van der Waals surface area contributed by atoms with E-state index in [1.807, 2.05) is 26.8 Å². The Morgan fingerprint density at radius 1 is 1.42 bits per heavy atom. The highest BCUT2D eigenvalue weighted by Gasteiger charge is 2.11. The molecule has 0 atom stereocenters. The highest BCUT2D eigenvalue weighted by Crippen LogP contribution is 2.20. The highest BCUT2D eigenvalue weighted by atomic mass is 32.1. The van der Waals surface area contributed by atoms with Gasteiger partial charge in [0.25, 0.3) is 0 Å². The lowest BCUT2D eigenvalue weighted by molar-refractivity contribution is 0.479. The standard InChI is InChI=1S/C13H16N4OS/c1-7-4-10(12(13(14)19)9(3)17-7)15-6-11-16-5-8(2)18-11/h4-5H,6H2,1-3H3,(H2,14,19)(H,15,17). The zero-order chi connectivity index (χ0) is 14.0. The topological polar surface area (TPSA) is 77.0 Å². The maximum atomic E-state index is 5.75. The molecule has 0 aliphatic heterocycles. The van der Waals surface area contributed by atoms with E-state index >= 15 is 0 Å². The van der Waals surface area contributed by atoms with Gasteiger partial charge in [-0.2, -0.15) is 0 Å². The van der Waals surface area contributed by atoms with E-state index in [0.29, 0.717) is 17.4 Å². The summed E-state index contributed by atoms with van der Waals surface area (Å²) in [6, 6.07) is 1.91. The number of hydrogen-bond donors (Lipinski definition) is 2. The molecule has 0 saturated heterocycles. The van der Waals surface area contributed by atoms with Crippen molar-refractivity contribution in [1.82, 2.24) is 9.97 Å². The van der Waals surface area contributed by atoms with Crippen molar-refractivity contribution < 1.29 is 4.42 Å². The molecular weight excluding hydrogens is 260 g/mol. The van der Waals surface area contributed by atoms with Crippen molar-refractivity contribution in [1.29, 1.82) is 0 Å². The quantitative estimate of drug-likeness (QED) is 0.834. The Balaban J connectivity index is 2.26. The molecule has 0 radical (unpaired) electrons. The maximum absolute atomic E-state index is 5.75. The van der Waals surface area contributed by atoms with Crippen LogP contribution in [0, 0.1) is 20.8 Å². The van der Waals surface area contributed by atoms with Crippen LogP contribution in [0.3, 0.4) is 0 Å². The van der Waals surface area contributed by atoms with Gasteiger partial charge in [-0.15, -0.1) is 0 Å². The lowest BCUT2D eigenvalue weighted by Gasteiger charge is -2.13. The van der Waals surface area contributed by atoms with E-state index in [9.17, 15) is 0 Å². The summed E-state index contributed by atoms with van der Waals surface area (Å²) in [7, 11) is 0. The normalized spacial score (nSPS) is 10.5. The molecule has 0 spiro atoms. The van der Waals surface area contributed by atoms with Crippen molar-refractivity contribution in [3.63, 3.8) is 0 Å². The Bertz CT molecular complexity index is 621. The van der Waals surface area contributed by atoms with Gasteiger partial charge in [-0.25, -0.2) is 4.98 Å². The molecule has 0 unspecified atom stereocenters. The average Bonchev–Trinajstić information content (AvgIpc) is 2.71. The first-order chi connectivity index (χ1) is 8.97. The van der Waals surface area contributed by atoms with Crippen LogP contribution < -0.4 is 11.1 Å². The predicted molar refractivity (Wildman–Crippen MR) is 78.2 cm³/mol. The van der Waals surface area contributed by atoms with E-state index in [0.717, 1.165) is 28.4 Å². The zero-order valence-corrected chi connectivity index (χ0v) is 12.0. The van der Waals surface area contributed by atoms with Crippen LogP contribution in [0.25, 0.3) is 0 Å². The number of hydrogen-bond acceptors (Lipinski definition) is 5. The maximum Gasteiger partial charge on any atom is 0.213 e. The van der Waals surface area contributed by atoms with Crippen molar-refractivity contribution in [2.24, 2.45) is 5.73 Å². The average molecular weight is 276 g/mol. The summed E-state index contributed by atoms with van der Waals surface area (Å²) in [5.74, 6) is 1.41. The second kappa shape index (κ2) is 5.36. The van der Waals surface area contributed by atoms with Gasteiger partial charge in [0.05, 0.1) is 18.3 Å². The third-order valence-corrected chi connectivity index (χ3v) is 2.88. The van der Waals surface area contributed by atoms with Crippen molar-refractivity contribution in [2.75, 3.05) is 5.32 Å². The molecule has 2 rings (SSSR count). The summed E-state index contributed by atoms with van der Waals surface area (Å²) < 4.78 is 5.41. The molecule has 0 saturated carbocycles. The van der Waals surface area contributed by atoms with Gasteiger partial charge in [-0.05, 0) is 26.8 Å². The minimum Gasteiger partial charge on any atom is -0.444 e. The van der Waals surface area contributed by atoms with Crippen LogP contribution in [0.1, 0.15) is 28.6 Å². The Labute approximate surface area is 117 Å². The zero-order valence-electron chi connectivity index (χ0n) is 11.2. The van der Waals surface area contributed by atoms with E-state index in [1.165, 1.54) is 0 Å². The number of rotatable bonds is 4. The third kappa shape index (κ3) is 3.08. The molecule has 2 aromatic rings. The predicted octanol–water partition coefficient (Wildman–Crippen LogP) is 2.24. The van der Waals surface area contributed by atoms with Crippen molar-refractivity contribution in [3.05, 3.63) is 40.9 Å². The van der Waals surface area contributed by atoms with E-state index in [2.05, 4.69) is 15.3 Å². The van der Waals surface area contributed by atoms with Crippen molar-refractivity contribution in [2.45, 2.75) is 27.3 Å². The van der Waals surface area contributed by atoms with Crippen LogP contribution in [0.5, 0.6) is 0 Å². The molecule has 0 aliphatic carbocycles. The molecule has 100 valence electrons. The Kier molecular flexibility index (Phi) is 3.80. The number of thiocarbonyl (C=S) groups is 1. The lowest BCUT2D eigenvalue weighted by atomic mass is 10.1. The molecule has 3 N–H and O–H groups in total. The molecule has 5 nitrogen and oxygen atoms in total. The Morgan fingerprint density at radius 2 is 2.16 bits per heavy atom. The summed E-state index contributed by atoms with van der Waals surface area (Å²) in [4.78, 5) is 8.84. The molecule has 2 aromatic heterocycles. The first-order valence-corrected chi connectivity index (χ1v) is 6.31. The number of oxazole rings is 1. The fourth-order valence-corrected chi connectivity index (χ4v) is 2.19. The number of pyridine rings is 1. The number of anilines is 1. The fraction of sp³-hybridized carbons (Fsp3) is 0.308. The van der Waals surface area contributed by atoms with Gasteiger partial charge in [-0.1, -0.05) is 12.2 Å². The van der Waals surface area contributed by atoms with Crippen LogP contribution in [-0.2, 0) is 6.54 Å². The smallest absolute Gasteiger partial charge is 0.213 e. The van der Waals surface area contributed by atoms with Crippen LogP contribution >= 0.6 is 12.2 Å². The van der Waals surface area contributed by atoms with Crippen molar-refractivity contribution in [3.8, 4) is 0 Å². The van der Waals surface area contributed by atoms with E-state index in [-0.39, 0.29) is 0 Å². The van der Waals surface area contributed by atoms with Gasteiger partial charge in [0.1, 0.15) is 10.7 Å². The third-order valence-electron chi connectivity index (χ3n) is 2.67. The number of nitrogens with zero attached hydrogens (tertiary/aromatic N) is 2. The van der Waals surface area contributed by atoms with Gasteiger partial charge in [-0.3, -0.25) is 4.98 Å². The second-order valence-corrected chi connectivity index (χ2v) is 4.79. The van der Waals surface area contributed by atoms with E-state index < -0.39 is 0 Å². The van der Waals surface area contributed by atoms with Crippen molar-refractivity contribution >= 4 is 22.9 Å². The van der Waals surface area contributed by atoms with Gasteiger partial charge in [0.2, 0.25) is 5.89 Å². The Hall–Kier alpha value is -1.95. The highest BCUT2D eigenvalue weighted by molar-refractivity contribution is 7.80. The molecule has 0 amide bonds. The summed E-state index contributed by atoms with van der Waals surface area (Å²) in [5.41, 5.74) is 9.10. The number of aryl methyl sites for hydroxylation is 3. The van der Waals surface area contributed by atoms with E-state index in [1.54, 1.807) is 6.20 Å². The lowest BCUT2D eigenvalue weighted by Crippen LogP contribution is -2.16. The molecule has 0 aromatic carbocycles. The number of nitrogens with two attached hydrogens (primary N) is 1. The summed E-state index contributed by atoms with van der Waals surface area (Å²) in [6.45, 7) is 6.16. The molecular formula is C13H16N4OS. The van der Waals surface area contributed by atoms with Gasteiger partial charge >= 0.3 is 0 Å². The van der Waals surface area contributed by atoms with Crippen LogP contribution in [-0.4, -0.2) is 15.0 Å². The minimum absolute atomic E-state index is 0.330. The molecule has 0 aliphatic rings. The van der Waals surface area contributed by atoms with Gasteiger partial charge < -0.3 is 15.5 Å². The first-order valence-electron chi connectivity index (χ1n) is 5.90. The van der Waals surface area contributed by atoms with Gasteiger partial charge in [0.15, 0.2) is 0 Å². The fourth-order valence-electron chi connectivity index (χ4n) is 1.93. The molecule has 19 heavy (non-hydrogen) atoms. The summed E-state index contributed by atoms with van der Waals surface area (Å²) in [6.07, 6.45) is 1.69. The molecule has 2 heterocycles. The Morgan fingerprint density at radius 3 is 2.74 bits per heavy atom. The van der Waals surface area contributed by atoms with E-state index in [4.69, 9.17) is 22.4 Å². The first kappa shape index (κ1) is 13.5. The summed E-state index contributed by atoms with van der Waals surface area (Å²) >= 11 is 5.07. The number of aromatic nitrogens is 2. The monoisotopic (exact) mass is 276 g/mol. The SMILES string of the molecule is Cc1cc(NCc2ncc(C)o2)c(C(N)=S)c(C)n1. The molecule has 0 fully saturated rings. The van der Waals surface area contributed by atoms with Crippen LogP contribution in [0.4, 0.5) is 5.69 Å².